The van der Waals surface area contributed by atoms with Gasteiger partial charge in [0.2, 0.25) is 0 Å². The molecule has 5 heteroatoms. The van der Waals surface area contributed by atoms with Gasteiger partial charge in [0.1, 0.15) is 5.82 Å². The number of hydrogen-bond donors (Lipinski definition) is 0. The van der Waals surface area contributed by atoms with Crippen LogP contribution in [0.25, 0.3) is 0 Å². The summed E-state index contributed by atoms with van der Waals surface area (Å²) in [6.45, 7) is 0. The molecule has 0 aliphatic heterocycles. The molecule has 0 aromatic heterocycles. The van der Waals surface area contributed by atoms with Crippen molar-refractivity contribution >= 4 is 27.7 Å². The standard InChI is InChI=1S/C7H4BrF3S/c8-4-1-2-6(5(9)3-4)12-7(10)11/h1-3,7H. The Morgan fingerprint density at radius 1 is 1.33 bits per heavy atom. The molecule has 12 heavy (non-hydrogen) atoms. The molecule has 0 saturated carbocycles. The fraction of sp³-hybridized carbons (Fsp3) is 0.143. The summed E-state index contributed by atoms with van der Waals surface area (Å²) in [5.74, 6) is -3.21. The minimum absolute atomic E-state index is 0.0341. The number of hydrogen-bond acceptors (Lipinski definition) is 1. The number of alkyl halides is 2. The Bertz CT molecular complexity index is 277. The first kappa shape index (κ1) is 9.92. The Balaban J connectivity index is 2.86. The first-order valence-corrected chi connectivity index (χ1v) is 4.66. The summed E-state index contributed by atoms with van der Waals surface area (Å²) in [7, 11) is 0. The van der Waals surface area contributed by atoms with Gasteiger partial charge in [-0.25, -0.2) is 4.39 Å². The SMILES string of the molecule is Fc1cc(Br)ccc1SC(F)F. The summed E-state index contributed by atoms with van der Waals surface area (Å²) in [4.78, 5) is -0.0341. The van der Waals surface area contributed by atoms with Crippen molar-refractivity contribution in [1.82, 2.24) is 0 Å². The van der Waals surface area contributed by atoms with Crippen LogP contribution in [0, 0.1) is 5.82 Å². The van der Waals surface area contributed by atoms with E-state index in [1.165, 1.54) is 12.1 Å². The van der Waals surface area contributed by atoms with Crippen LogP contribution in [-0.2, 0) is 0 Å². The van der Waals surface area contributed by atoms with E-state index in [1.54, 1.807) is 0 Å². The first-order valence-electron chi connectivity index (χ1n) is 2.99. The molecule has 0 fully saturated rings. The average Bonchev–Trinajstić information content (AvgIpc) is 1.94. The fourth-order valence-corrected chi connectivity index (χ4v) is 1.51. The van der Waals surface area contributed by atoms with Crippen LogP contribution in [0.3, 0.4) is 0 Å². The smallest absolute Gasteiger partial charge is 0.206 e. The molecule has 0 heterocycles. The van der Waals surface area contributed by atoms with Gasteiger partial charge in [0.25, 0.3) is 5.76 Å². The largest absolute Gasteiger partial charge is 0.289 e. The third kappa shape index (κ3) is 2.71. The van der Waals surface area contributed by atoms with Crippen LogP contribution in [0.4, 0.5) is 13.2 Å². The lowest BCUT2D eigenvalue weighted by atomic mass is 10.3. The Hall–Kier alpha value is -0.160. The monoisotopic (exact) mass is 256 g/mol. The molecule has 0 amide bonds. The molecule has 0 unspecified atom stereocenters. The summed E-state index contributed by atoms with van der Waals surface area (Å²) in [6.07, 6.45) is 0. The van der Waals surface area contributed by atoms with Crippen molar-refractivity contribution in [3.8, 4) is 0 Å². The second kappa shape index (κ2) is 4.18. The van der Waals surface area contributed by atoms with Gasteiger partial charge in [0.15, 0.2) is 0 Å². The van der Waals surface area contributed by atoms with Crippen molar-refractivity contribution in [2.24, 2.45) is 0 Å². The van der Waals surface area contributed by atoms with Gasteiger partial charge in [-0.05, 0) is 18.2 Å². The summed E-state index contributed by atoms with van der Waals surface area (Å²) >= 11 is 3.23. The summed E-state index contributed by atoms with van der Waals surface area (Å²) in [5.41, 5.74) is 0. The van der Waals surface area contributed by atoms with Crippen LogP contribution in [0.5, 0.6) is 0 Å². The van der Waals surface area contributed by atoms with Crippen molar-refractivity contribution < 1.29 is 13.2 Å². The van der Waals surface area contributed by atoms with Gasteiger partial charge in [0.05, 0.1) is 0 Å². The molecule has 0 atom stereocenters. The molecule has 1 aromatic rings. The van der Waals surface area contributed by atoms with E-state index in [0.29, 0.717) is 4.47 Å². The number of rotatable bonds is 2. The molecule has 0 N–H and O–H groups in total. The third-order valence-electron chi connectivity index (χ3n) is 1.11. The zero-order valence-electron chi connectivity index (χ0n) is 5.73. The van der Waals surface area contributed by atoms with Crippen molar-refractivity contribution in [1.29, 1.82) is 0 Å². The maximum absolute atomic E-state index is 12.8. The molecule has 0 aliphatic carbocycles. The molecule has 0 nitrogen and oxygen atoms in total. The van der Waals surface area contributed by atoms with E-state index in [4.69, 9.17) is 0 Å². The second-order valence-corrected chi connectivity index (χ2v) is 3.90. The van der Waals surface area contributed by atoms with Crippen LogP contribution >= 0.6 is 27.7 Å². The van der Waals surface area contributed by atoms with Crippen molar-refractivity contribution in [2.75, 3.05) is 0 Å². The van der Waals surface area contributed by atoms with E-state index in [1.807, 2.05) is 0 Å². The van der Waals surface area contributed by atoms with E-state index in [-0.39, 0.29) is 16.7 Å². The summed E-state index contributed by atoms with van der Waals surface area (Å²) in [5, 5.41) is 0. The molecule has 1 aromatic carbocycles. The zero-order valence-corrected chi connectivity index (χ0v) is 8.13. The highest BCUT2D eigenvalue weighted by molar-refractivity contribution is 9.10. The highest BCUT2D eigenvalue weighted by Crippen LogP contribution is 2.29. The Labute approximate surface area is 80.3 Å². The first-order chi connectivity index (χ1) is 5.59. The van der Waals surface area contributed by atoms with Crippen LogP contribution in [-0.4, -0.2) is 5.76 Å². The lowest BCUT2D eigenvalue weighted by Gasteiger charge is -2.01. The third-order valence-corrected chi connectivity index (χ3v) is 2.37. The molecule has 0 aliphatic rings. The normalized spacial score (nSPS) is 10.8. The quantitative estimate of drug-likeness (QED) is 0.724. The molecular formula is C7H4BrF3S. The van der Waals surface area contributed by atoms with E-state index < -0.39 is 11.6 Å². The van der Waals surface area contributed by atoms with Crippen LogP contribution < -0.4 is 0 Å². The van der Waals surface area contributed by atoms with E-state index >= 15 is 0 Å². The second-order valence-electron chi connectivity index (χ2n) is 1.95. The molecule has 1 rings (SSSR count). The van der Waals surface area contributed by atoms with Gasteiger partial charge >= 0.3 is 0 Å². The molecular weight excluding hydrogens is 253 g/mol. The zero-order chi connectivity index (χ0) is 9.14. The topological polar surface area (TPSA) is 0 Å². The molecule has 0 saturated heterocycles. The predicted molar refractivity (Wildman–Crippen MR) is 46.0 cm³/mol. The Morgan fingerprint density at radius 3 is 2.50 bits per heavy atom. The van der Waals surface area contributed by atoms with Crippen molar-refractivity contribution in [3.63, 3.8) is 0 Å². The molecule has 0 bridgehead atoms. The summed E-state index contributed by atoms with van der Waals surface area (Å²) in [6, 6.07) is 3.99. The fourth-order valence-electron chi connectivity index (χ4n) is 0.667. The Morgan fingerprint density at radius 2 is 2.00 bits per heavy atom. The van der Waals surface area contributed by atoms with Crippen molar-refractivity contribution in [2.45, 2.75) is 10.7 Å². The van der Waals surface area contributed by atoms with Gasteiger partial charge in [0, 0.05) is 9.37 Å². The number of halogens is 4. The van der Waals surface area contributed by atoms with Crippen LogP contribution in [0.1, 0.15) is 0 Å². The number of thioether (sulfide) groups is 1. The van der Waals surface area contributed by atoms with E-state index in [9.17, 15) is 13.2 Å². The van der Waals surface area contributed by atoms with Gasteiger partial charge in [-0.1, -0.05) is 27.7 Å². The highest BCUT2D eigenvalue weighted by Gasteiger charge is 2.09. The minimum Gasteiger partial charge on any atom is -0.206 e. The van der Waals surface area contributed by atoms with Gasteiger partial charge in [-0.15, -0.1) is 0 Å². The predicted octanol–water partition coefficient (Wildman–Crippen LogP) is 3.90. The summed E-state index contributed by atoms with van der Waals surface area (Å²) < 4.78 is 36.9. The number of benzene rings is 1. The van der Waals surface area contributed by atoms with Gasteiger partial charge in [-0.2, -0.15) is 8.78 Å². The van der Waals surface area contributed by atoms with Crippen LogP contribution in [0.15, 0.2) is 27.6 Å². The molecule has 0 spiro atoms. The lowest BCUT2D eigenvalue weighted by Crippen LogP contribution is -1.85. The highest BCUT2D eigenvalue weighted by atomic mass is 79.9. The Kier molecular flexibility index (Phi) is 3.46. The van der Waals surface area contributed by atoms with E-state index in [0.717, 1.165) is 6.07 Å². The molecule has 66 valence electrons. The maximum Gasteiger partial charge on any atom is 0.289 e. The maximum atomic E-state index is 12.8. The molecule has 0 radical (unpaired) electrons. The van der Waals surface area contributed by atoms with Gasteiger partial charge in [-0.3, -0.25) is 0 Å². The van der Waals surface area contributed by atoms with Crippen molar-refractivity contribution in [3.05, 3.63) is 28.5 Å². The minimum atomic E-state index is -2.58. The van der Waals surface area contributed by atoms with Gasteiger partial charge < -0.3 is 0 Å². The van der Waals surface area contributed by atoms with E-state index in [2.05, 4.69) is 15.9 Å². The van der Waals surface area contributed by atoms with Crippen LogP contribution in [0.2, 0.25) is 0 Å². The lowest BCUT2D eigenvalue weighted by molar-refractivity contribution is 0.251. The average molecular weight is 257 g/mol.